The highest BCUT2D eigenvalue weighted by Gasteiger charge is 2.13. The second-order valence-corrected chi connectivity index (χ2v) is 2.59. The molecule has 0 aromatic carbocycles. The molecule has 5 heteroatoms. The van der Waals surface area contributed by atoms with Crippen LogP contribution in [0.2, 0.25) is 0 Å². The Balaban J connectivity index is 2.94. The van der Waals surface area contributed by atoms with Crippen LogP contribution in [0, 0.1) is 10.1 Å². The lowest BCUT2D eigenvalue weighted by Gasteiger charge is -1.88. The monoisotopic (exact) mass is 217 g/mol. The van der Waals surface area contributed by atoms with E-state index in [1.54, 1.807) is 6.07 Å². The molecule has 0 radical (unpaired) electrons. The molecule has 0 aliphatic heterocycles. The zero-order chi connectivity index (χ0) is 8.43. The van der Waals surface area contributed by atoms with Gasteiger partial charge in [-0.3, -0.25) is 10.1 Å². The van der Waals surface area contributed by atoms with Crippen molar-refractivity contribution in [1.29, 1.82) is 0 Å². The minimum Gasteiger partial charge on any atom is -0.443 e. The summed E-state index contributed by atoms with van der Waals surface area (Å²) in [7, 11) is 0. The zero-order valence-electron chi connectivity index (χ0n) is 5.41. The molecule has 0 bridgehead atoms. The average Bonchev–Trinajstić information content (AvgIpc) is 2.34. The van der Waals surface area contributed by atoms with Crippen molar-refractivity contribution in [3.63, 3.8) is 0 Å². The maximum atomic E-state index is 10.1. The molecule has 1 aromatic rings. The largest absolute Gasteiger partial charge is 0.443 e. The van der Waals surface area contributed by atoms with E-state index in [2.05, 4.69) is 22.5 Å². The van der Waals surface area contributed by atoms with Crippen molar-refractivity contribution >= 4 is 21.6 Å². The first-order valence-corrected chi connectivity index (χ1v) is 3.49. The third-order valence-corrected chi connectivity index (χ3v) is 1.50. The quantitative estimate of drug-likeness (QED) is 0.565. The van der Waals surface area contributed by atoms with E-state index in [9.17, 15) is 10.1 Å². The van der Waals surface area contributed by atoms with Gasteiger partial charge in [-0.15, -0.1) is 0 Å². The van der Waals surface area contributed by atoms with E-state index in [-0.39, 0.29) is 11.5 Å². The summed E-state index contributed by atoms with van der Waals surface area (Å²) < 4.78 is 5.34. The Morgan fingerprint density at radius 3 is 2.73 bits per heavy atom. The van der Waals surface area contributed by atoms with Crippen LogP contribution in [-0.4, -0.2) is 4.92 Å². The molecule has 1 rings (SSSR count). The van der Waals surface area contributed by atoms with Crippen LogP contribution in [-0.2, 0) is 0 Å². The average molecular weight is 218 g/mol. The van der Waals surface area contributed by atoms with Crippen molar-refractivity contribution in [2.75, 3.05) is 0 Å². The highest BCUT2D eigenvalue weighted by molar-refractivity contribution is 9.10. The van der Waals surface area contributed by atoms with Crippen LogP contribution >= 0.6 is 15.9 Å². The van der Waals surface area contributed by atoms with Gasteiger partial charge in [-0.2, -0.15) is 0 Å². The number of nitrogens with zero attached hydrogens (tertiary/aromatic N) is 1. The first-order chi connectivity index (χ1) is 5.11. The summed E-state index contributed by atoms with van der Waals surface area (Å²) in [6.07, 6.45) is 0. The van der Waals surface area contributed by atoms with Gasteiger partial charge in [0.15, 0.2) is 4.67 Å². The van der Waals surface area contributed by atoms with Crippen molar-refractivity contribution in [2.45, 2.75) is 0 Å². The molecule has 0 amide bonds. The molecule has 0 aliphatic rings. The first-order valence-electron chi connectivity index (χ1n) is 2.70. The van der Waals surface area contributed by atoms with Crippen molar-refractivity contribution in [3.8, 4) is 0 Å². The fourth-order valence-electron chi connectivity index (χ4n) is 0.559. The second kappa shape index (κ2) is 2.87. The molecule has 0 spiro atoms. The minimum atomic E-state index is -0.592. The number of nitro groups is 1. The molecule has 0 saturated carbocycles. The predicted octanol–water partition coefficient (Wildman–Crippen LogP) is 2.29. The molecule has 11 heavy (non-hydrogen) atoms. The van der Waals surface area contributed by atoms with Crippen LogP contribution in [0.15, 0.2) is 27.8 Å². The first kappa shape index (κ1) is 8.00. The Kier molecular flexibility index (Phi) is 2.09. The van der Waals surface area contributed by atoms with Gasteiger partial charge in [-0.25, -0.2) is 0 Å². The lowest BCUT2D eigenvalue weighted by molar-refractivity contribution is -0.376. The van der Waals surface area contributed by atoms with Gasteiger partial charge >= 0.3 is 5.70 Å². The highest BCUT2D eigenvalue weighted by atomic mass is 79.9. The van der Waals surface area contributed by atoms with Crippen LogP contribution < -0.4 is 0 Å². The molecule has 0 fully saturated rings. The van der Waals surface area contributed by atoms with Gasteiger partial charge in [-0.1, -0.05) is 0 Å². The lowest BCUT2D eigenvalue weighted by atomic mass is 10.4. The molecular weight excluding hydrogens is 214 g/mol. The molecule has 0 N–H and O–H groups in total. The van der Waals surface area contributed by atoms with Gasteiger partial charge in [0.25, 0.3) is 0 Å². The van der Waals surface area contributed by atoms with Crippen molar-refractivity contribution < 1.29 is 9.34 Å². The molecule has 0 saturated heterocycles. The van der Waals surface area contributed by atoms with Gasteiger partial charge in [0.1, 0.15) is 0 Å². The SMILES string of the molecule is C=C(c1ccc(Br)o1)[N+](=O)[O-]. The Hall–Kier alpha value is -1.10. The van der Waals surface area contributed by atoms with Gasteiger partial charge in [-0.05, 0) is 34.6 Å². The molecule has 0 unspecified atom stereocenters. The third kappa shape index (κ3) is 1.68. The predicted molar refractivity (Wildman–Crippen MR) is 42.4 cm³/mol. The highest BCUT2D eigenvalue weighted by Crippen LogP contribution is 2.19. The number of hydrogen-bond donors (Lipinski definition) is 0. The van der Waals surface area contributed by atoms with E-state index >= 15 is 0 Å². The normalized spacial score (nSPS) is 9.55. The second-order valence-electron chi connectivity index (χ2n) is 1.81. The summed E-state index contributed by atoms with van der Waals surface area (Å²) in [6, 6.07) is 3.05. The van der Waals surface area contributed by atoms with E-state index in [1.807, 2.05) is 0 Å². The Morgan fingerprint density at radius 2 is 2.36 bits per heavy atom. The fraction of sp³-hybridized carbons (Fsp3) is 0. The third-order valence-electron chi connectivity index (χ3n) is 1.08. The summed E-state index contributed by atoms with van der Waals surface area (Å²) in [5, 5.41) is 10.1. The van der Waals surface area contributed by atoms with Crippen LogP contribution in [0.25, 0.3) is 5.70 Å². The van der Waals surface area contributed by atoms with Gasteiger partial charge in [0.2, 0.25) is 5.76 Å². The van der Waals surface area contributed by atoms with Gasteiger partial charge in [0, 0.05) is 0 Å². The topological polar surface area (TPSA) is 56.3 Å². The number of rotatable bonds is 2. The smallest absolute Gasteiger partial charge is 0.304 e. The molecule has 1 aromatic heterocycles. The number of halogens is 1. The van der Waals surface area contributed by atoms with E-state index in [4.69, 9.17) is 4.42 Å². The molecule has 1 heterocycles. The molecule has 58 valence electrons. The van der Waals surface area contributed by atoms with Crippen LogP contribution in [0.3, 0.4) is 0 Å². The number of hydrogen-bond acceptors (Lipinski definition) is 3. The van der Waals surface area contributed by atoms with E-state index in [0.717, 1.165) is 0 Å². The van der Waals surface area contributed by atoms with Gasteiger partial charge in [0.05, 0.1) is 4.92 Å². The van der Waals surface area contributed by atoms with E-state index < -0.39 is 4.92 Å². The standard InChI is InChI=1S/C6H4BrNO3/c1-4(8(9)10)5-2-3-6(7)11-5/h2-3H,1H2. The summed E-state index contributed by atoms with van der Waals surface area (Å²) in [4.78, 5) is 9.55. The fourth-order valence-corrected chi connectivity index (χ4v) is 0.866. The zero-order valence-corrected chi connectivity index (χ0v) is 7.00. The van der Waals surface area contributed by atoms with Crippen LogP contribution in [0.4, 0.5) is 0 Å². The van der Waals surface area contributed by atoms with Crippen LogP contribution in [0.5, 0.6) is 0 Å². The molecule has 0 aliphatic carbocycles. The summed E-state index contributed by atoms with van der Waals surface area (Å²) in [6.45, 7) is 3.22. The van der Waals surface area contributed by atoms with E-state index in [0.29, 0.717) is 4.67 Å². The Bertz CT molecular complexity index is 305. The maximum Gasteiger partial charge on any atom is 0.304 e. The van der Waals surface area contributed by atoms with Crippen molar-refractivity contribution in [3.05, 3.63) is 39.3 Å². The van der Waals surface area contributed by atoms with Gasteiger partial charge < -0.3 is 4.42 Å². The minimum absolute atomic E-state index is 0.168. The maximum absolute atomic E-state index is 10.1. The molecule has 4 nitrogen and oxygen atoms in total. The Labute approximate surface area is 70.8 Å². The molecule has 0 atom stereocenters. The Morgan fingerprint density at radius 1 is 1.73 bits per heavy atom. The lowest BCUT2D eigenvalue weighted by Crippen LogP contribution is -1.93. The summed E-state index contributed by atoms with van der Waals surface area (Å²) in [5.41, 5.74) is -0.240. The summed E-state index contributed by atoms with van der Waals surface area (Å²) in [5.74, 6) is 0.168. The summed E-state index contributed by atoms with van der Waals surface area (Å²) >= 11 is 3.02. The number of furan rings is 1. The van der Waals surface area contributed by atoms with Crippen LogP contribution in [0.1, 0.15) is 5.76 Å². The van der Waals surface area contributed by atoms with Crippen molar-refractivity contribution in [2.24, 2.45) is 0 Å². The van der Waals surface area contributed by atoms with Crippen molar-refractivity contribution in [1.82, 2.24) is 0 Å². The molecular formula is C6H4BrNO3. The van der Waals surface area contributed by atoms with E-state index in [1.165, 1.54) is 6.07 Å².